The molecule has 2 amide bonds. The number of carbonyl (C=O) groups excluding carboxylic acids is 2. The fraction of sp³-hybridized carbons (Fsp3) is 0.417. The van der Waals surface area contributed by atoms with Gasteiger partial charge in [0.2, 0.25) is 11.5 Å². The zero-order valence-corrected chi connectivity index (χ0v) is 21.4. The summed E-state index contributed by atoms with van der Waals surface area (Å²) in [6, 6.07) is 7.68. The number of benzene rings is 2. The maximum absolute atomic E-state index is 13.5. The van der Waals surface area contributed by atoms with Crippen LogP contribution in [-0.2, 0) is 19.6 Å². The first-order valence-corrected chi connectivity index (χ1v) is 13.1. The van der Waals surface area contributed by atoms with Crippen LogP contribution in [0.15, 0.2) is 47.4 Å². The van der Waals surface area contributed by atoms with Crippen LogP contribution in [0.4, 0.5) is 38.1 Å². The maximum Gasteiger partial charge on any atom is 0.427 e. The predicted molar refractivity (Wildman–Crippen MR) is 128 cm³/mol. The molecule has 1 saturated carbocycles. The molecule has 0 radical (unpaired) electrons. The van der Waals surface area contributed by atoms with Crippen molar-refractivity contribution in [2.24, 2.45) is 5.92 Å². The summed E-state index contributed by atoms with van der Waals surface area (Å²) in [5.41, 5.74) is -2.98. The molecule has 9 nitrogen and oxygen atoms in total. The molecule has 2 N–H and O–H groups in total. The highest BCUT2D eigenvalue weighted by Gasteiger charge is 2.51. The Morgan fingerprint density at radius 2 is 1.77 bits per heavy atom. The van der Waals surface area contributed by atoms with E-state index in [9.17, 15) is 40.0 Å². The van der Waals surface area contributed by atoms with Crippen LogP contribution in [0.3, 0.4) is 0 Å². The molecule has 3 atom stereocenters. The molecule has 39 heavy (non-hydrogen) atoms. The summed E-state index contributed by atoms with van der Waals surface area (Å²) in [4.78, 5) is 23.9. The number of ether oxygens (including phenoxy) is 2. The van der Waals surface area contributed by atoms with Crippen molar-refractivity contribution in [3.63, 3.8) is 0 Å². The third-order valence-corrected chi connectivity index (χ3v) is 7.92. The summed E-state index contributed by atoms with van der Waals surface area (Å²) < 4.78 is 104. The average molecular weight is 578 g/mol. The Morgan fingerprint density at radius 3 is 2.36 bits per heavy atom. The fourth-order valence-corrected chi connectivity index (χ4v) is 5.17. The first kappa shape index (κ1) is 28.4. The lowest BCUT2D eigenvalue weighted by molar-refractivity contribution is -0.242. The Balaban J connectivity index is 1.60. The van der Waals surface area contributed by atoms with Crippen LogP contribution in [0, 0.1) is 11.7 Å². The normalized spacial score (nSPS) is 20.9. The van der Waals surface area contributed by atoms with E-state index in [-0.39, 0.29) is 41.5 Å². The number of alkyl halides is 4. The lowest BCUT2D eigenvalue weighted by Gasteiger charge is -2.36. The second-order valence-corrected chi connectivity index (χ2v) is 11.4. The molecule has 0 aromatic heterocycles. The molecule has 212 valence electrons. The molecule has 4 rings (SSSR count). The zero-order valence-electron chi connectivity index (χ0n) is 20.6. The molecule has 1 aliphatic heterocycles. The third-order valence-electron chi connectivity index (χ3n) is 6.12. The van der Waals surface area contributed by atoms with Gasteiger partial charge in [0.15, 0.2) is 0 Å². The van der Waals surface area contributed by atoms with Gasteiger partial charge in [0.1, 0.15) is 23.8 Å². The third kappa shape index (κ3) is 6.18. The molecule has 0 bridgehead atoms. The molecule has 1 aliphatic carbocycles. The van der Waals surface area contributed by atoms with Crippen LogP contribution in [0.2, 0.25) is 0 Å². The van der Waals surface area contributed by atoms with Crippen molar-refractivity contribution in [2.45, 2.75) is 49.2 Å². The number of hydrogen-bond donors (Lipinski definition) is 2. The highest BCUT2D eigenvalue weighted by Crippen LogP contribution is 2.40. The molecule has 0 unspecified atom stereocenters. The lowest BCUT2D eigenvalue weighted by Crippen LogP contribution is -2.48. The van der Waals surface area contributed by atoms with Crippen molar-refractivity contribution >= 4 is 33.4 Å². The Kier molecular flexibility index (Phi) is 7.40. The summed E-state index contributed by atoms with van der Waals surface area (Å²) in [5, 5.41) is 4.66. The highest BCUT2D eigenvalue weighted by atomic mass is 32.2. The molecule has 1 heterocycles. The zero-order chi connectivity index (χ0) is 28.8. The average Bonchev–Trinajstić information content (AvgIpc) is 3.57. The van der Waals surface area contributed by atoms with Gasteiger partial charge in [-0.05, 0) is 62.7 Å². The van der Waals surface area contributed by atoms with Crippen LogP contribution in [0.25, 0.3) is 0 Å². The first-order valence-electron chi connectivity index (χ1n) is 11.7. The molecular formula is C24H24F5N3O6S. The summed E-state index contributed by atoms with van der Waals surface area (Å²) in [7, 11) is -4.35. The standard InChI is InChI=1S/C24H24F5N3O6S/c1-23(2,24(27,28)29)38-22(34)31-14-5-8-20-19(9-14)32(39(35,36)16-6-3-13(25)4-7-16)12-15(37-20)11-30-21(33)17-10-18(17)26/h3-9,15,17-18H,10-12H2,1-2H3,(H,30,33)(H,31,34)/t15-,17-,18-/m0/s1. The number of rotatable bonds is 7. The largest absolute Gasteiger partial charge is 0.484 e. The number of halogens is 5. The monoisotopic (exact) mass is 577 g/mol. The van der Waals surface area contributed by atoms with E-state index in [4.69, 9.17) is 4.74 Å². The molecule has 15 heteroatoms. The van der Waals surface area contributed by atoms with Gasteiger partial charge in [0, 0.05) is 5.69 Å². The molecule has 0 saturated heterocycles. The summed E-state index contributed by atoms with van der Waals surface area (Å²) in [6.07, 6.45) is -8.32. The van der Waals surface area contributed by atoms with Crippen molar-refractivity contribution in [3.05, 3.63) is 48.3 Å². The highest BCUT2D eigenvalue weighted by molar-refractivity contribution is 7.92. The van der Waals surface area contributed by atoms with E-state index in [1.165, 1.54) is 12.1 Å². The minimum Gasteiger partial charge on any atom is -0.484 e. The van der Waals surface area contributed by atoms with Gasteiger partial charge in [-0.1, -0.05) is 0 Å². The van der Waals surface area contributed by atoms with Gasteiger partial charge in [-0.15, -0.1) is 0 Å². The van der Waals surface area contributed by atoms with Gasteiger partial charge in [-0.2, -0.15) is 13.2 Å². The SMILES string of the molecule is CC(C)(OC(=O)Nc1ccc2c(c1)N(S(=O)(=O)c1ccc(F)cc1)C[C@H](CNC(=O)[C@H]1C[C@@H]1F)O2)C(F)(F)F. The summed E-state index contributed by atoms with van der Waals surface area (Å²) >= 11 is 0. The molecular weight excluding hydrogens is 553 g/mol. The van der Waals surface area contributed by atoms with Gasteiger partial charge in [-0.3, -0.25) is 14.4 Å². The maximum atomic E-state index is 13.5. The first-order chi connectivity index (χ1) is 18.1. The van der Waals surface area contributed by atoms with E-state index in [0.29, 0.717) is 13.8 Å². The minimum absolute atomic E-state index is 0.00974. The van der Waals surface area contributed by atoms with E-state index >= 15 is 0 Å². The van der Waals surface area contributed by atoms with Crippen molar-refractivity contribution < 1.29 is 49.4 Å². The molecule has 2 aromatic carbocycles. The van der Waals surface area contributed by atoms with E-state index in [0.717, 1.165) is 34.6 Å². The van der Waals surface area contributed by atoms with Gasteiger partial charge in [0.25, 0.3) is 10.0 Å². The second-order valence-electron chi connectivity index (χ2n) is 9.54. The number of nitrogens with zero attached hydrogens (tertiary/aromatic N) is 1. The molecule has 2 aliphatic rings. The lowest BCUT2D eigenvalue weighted by atomic mass is 10.1. The number of sulfonamides is 1. The van der Waals surface area contributed by atoms with Crippen LogP contribution in [0.1, 0.15) is 20.3 Å². The number of anilines is 2. The van der Waals surface area contributed by atoms with Crippen LogP contribution in [-0.4, -0.2) is 57.6 Å². The van der Waals surface area contributed by atoms with E-state index in [1.54, 1.807) is 0 Å². The van der Waals surface area contributed by atoms with Crippen LogP contribution < -0.4 is 19.7 Å². The van der Waals surface area contributed by atoms with Gasteiger partial charge >= 0.3 is 12.3 Å². The second kappa shape index (κ2) is 10.2. The Morgan fingerprint density at radius 1 is 1.13 bits per heavy atom. The van der Waals surface area contributed by atoms with Gasteiger partial charge in [0.05, 0.1) is 29.6 Å². The molecule has 0 spiro atoms. The van der Waals surface area contributed by atoms with E-state index in [2.05, 4.69) is 15.4 Å². The summed E-state index contributed by atoms with van der Waals surface area (Å²) in [6.45, 7) is 0.835. The Labute approximate surface area is 220 Å². The minimum atomic E-state index is -4.84. The number of amides is 2. The molecule has 1 fully saturated rings. The number of fused-ring (bicyclic) bond motifs is 1. The topological polar surface area (TPSA) is 114 Å². The van der Waals surface area contributed by atoms with Crippen molar-refractivity contribution in [1.82, 2.24) is 5.32 Å². The fourth-order valence-electron chi connectivity index (χ4n) is 3.67. The van der Waals surface area contributed by atoms with Crippen LogP contribution >= 0.6 is 0 Å². The Hall–Kier alpha value is -3.62. The van der Waals surface area contributed by atoms with Crippen molar-refractivity contribution in [3.8, 4) is 5.75 Å². The van der Waals surface area contributed by atoms with E-state index < -0.39 is 57.8 Å². The number of carbonyl (C=O) groups is 2. The number of hydrogen-bond acceptors (Lipinski definition) is 6. The number of nitrogens with one attached hydrogen (secondary N) is 2. The summed E-state index contributed by atoms with van der Waals surface area (Å²) in [5.74, 6) is -1.97. The van der Waals surface area contributed by atoms with Crippen molar-refractivity contribution in [1.29, 1.82) is 0 Å². The van der Waals surface area contributed by atoms with Crippen molar-refractivity contribution in [2.75, 3.05) is 22.7 Å². The van der Waals surface area contributed by atoms with Gasteiger partial charge in [-0.25, -0.2) is 22.0 Å². The van der Waals surface area contributed by atoms with Crippen LogP contribution in [0.5, 0.6) is 5.75 Å². The quantitative estimate of drug-likeness (QED) is 0.479. The molecule has 2 aromatic rings. The van der Waals surface area contributed by atoms with E-state index in [1.807, 2.05) is 0 Å². The predicted octanol–water partition coefficient (Wildman–Crippen LogP) is 4.15. The van der Waals surface area contributed by atoms with Gasteiger partial charge < -0.3 is 14.8 Å². The Bertz CT molecular complexity index is 1370. The smallest absolute Gasteiger partial charge is 0.427 e.